The van der Waals surface area contributed by atoms with Crippen molar-refractivity contribution in [3.8, 4) is 0 Å². The highest BCUT2D eigenvalue weighted by atomic mass is 16.5. The summed E-state index contributed by atoms with van der Waals surface area (Å²) in [5.74, 6) is 0. The Morgan fingerprint density at radius 2 is 2.46 bits per heavy atom. The second kappa shape index (κ2) is 5.66. The summed E-state index contributed by atoms with van der Waals surface area (Å²) in [6.07, 6.45) is 3.25. The summed E-state index contributed by atoms with van der Waals surface area (Å²) < 4.78 is 6.79. The minimum absolute atomic E-state index is 0.383. The van der Waals surface area contributed by atoms with Crippen molar-refractivity contribution in [3.63, 3.8) is 0 Å². The second-order valence-corrected chi connectivity index (χ2v) is 2.97. The maximum Gasteiger partial charge on any atom is 0.137 e. The third-order valence-corrected chi connectivity index (χ3v) is 1.72. The highest BCUT2D eigenvalue weighted by Crippen LogP contribution is 1.83. The SMILES string of the molecule is COCC(C)NCCn1cncn1. The van der Waals surface area contributed by atoms with Crippen molar-refractivity contribution in [3.05, 3.63) is 12.7 Å². The van der Waals surface area contributed by atoms with Gasteiger partial charge >= 0.3 is 0 Å². The lowest BCUT2D eigenvalue weighted by Crippen LogP contribution is -2.32. The average molecular weight is 184 g/mol. The van der Waals surface area contributed by atoms with Crippen LogP contribution >= 0.6 is 0 Å². The molecule has 0 amide bonds. The molecule has 1 heterocycles. The van der Waals surface area contributed by atoms with E-state index in [9.17, 15) is 0 Å². The van der Waals surface area contributed by atoms with Gasteiger partial charge in [0.2, 0.25) is 0 Å². The predicted octanol–water partition coefficient (Wildman–Crippen LogP) is -0.0974. The number of aromatic nitrogens is 3. The van der Waals surface area contributed by atoms with Gasteiger partial charge in [-0.25, -0.2) is 4.98 Å². The molecule has 0 fully saturated rings. The van der Waals surface area contributed by atoms with E-state index in [0.717, 1.165) is 19.7 Å². The van der Waals surface area contributed by atoms with Gasteiger partial charge < -0.3 is 10.1 Å². The van der Waals surface area contributed by atoms with Gasteiger partial charge in [0.05, 0.1) is 13.2 Å². The number of nitrogens with zero attached hydrogens (tertiary/aromatic N) is 3. The first-order valence-corrected chi connectivity index (χ1v) is 4.37. The van der Waals surface area contributed by atoms with Crippen molar-refractivity contribution < 1.29 is 4.74 Å². The molecule has 0 spiro atoms. The lowest BCUT2D eigenvalue weighted by atomic mass is 10.3. The number of ether oxygens (including phenoxy) is 1. The third-order valence-electron chi connectivity index (χ3n) is 1.72. The van der Waals surface area contributed by atoms with Gasteiger partial charge in [-0.05, 0) is 6.92 Å². The van der Waals surface area contributed by atoms with Crippen LogP contribution in [0, 0.1) is 0 Å². The fourth-order valence-electron chi connectivity index (χ4n) is 1.08. The summed E-state index contributed by atoms with van der Waals surface area (Å²) in [4.78, 5) is 3.86. The minimum atomic E-state index is 0.383. The van der Waals surface area contributed by atoms with Gasteiger partial charge in [-0.3, -0.25) is 4.68 Å². The maximum atomic E-state index is 4.99. The Bertz CT molecular complexity index is 212. The fourth-order valence-corrected chi connectivity index (χ4v) is 1.08. The molecular formula is C8H16N4O. The Balaban J connectivity index is 2.07. The molecule has 1 atom stereocenters. The fraction of sp³-hybridized carbons (Fsp3) is 0.750. The number of hydrogen-bond acceptors (Lipinski definition) is 4. The molecule has 1 aromatic heterocycles. The summed E-state index contributed by atoms with van der Waals surface area (Å²) in [5, 5.41) is 7.30. The highest BCUT2D eigenvalue weighted by molar-refractivity contribution is 4.61. The molecule has 0 saturated carbocycles. The van der Waals surface area contributed by atoms with Crippen LogP contribution in [-0.4, -0.2) is 41.1 Å². The zero-order valence-corrected chi connectivity index (χ0v) is 8.10. The molecule has 0 bridgehead atoms. The van der Waals surface area contributed by atoms with Crippen LogP contribution in [0.3, 0.4) is 0 Å². The van der Waals surface area contributed by atoms with Crippen LogP contribution in [0.5, 0.6) is 0 Å². The quantitative estimate of drug-likeness (QED) is 0.671. The molecule has 0 aliphatic carbocycles. The van der Waals surface area contributed by atoms with E-state index in [1.165, 1.54) is 0 Å². The zero-order valence-electron chi connectivity index (χ0n) is 8.10. The summed E-state index contributed by atoms with van der Waals surface area (Å²) in [5.41, 5.74) is 0. The molecular weight excluding hydrogens is 168 g/mol. The lowest BCUT2D eigenvalue weighted by molar-refractivity contribution is 0.171. The molecule has 1 unspecified atom stereocenters. The van der Waals surface area contributed by atoms with Gasteiger partial charge in [0, 0.05) is 19.7 Å². The van der Waals surface area contributed by atoms with E-state index in [-0.39, 0.29) is 0 Å². The normalized spacial score (nSPS) is 13.1. The molecule has 1 rings (SSSR count). The Morgan fingerprint density at radius 3 is 3.08 bits per heavy atom. The topological polar surface area (TPSA) is 52.0 Å². The average Bonchev–Trinajstić information content (AvgIpc) is 2.57. The van der Waals surface area contributed by atoms with E-state index >= 15 is 0 Å². The van der Waals surface area contributed by atoms with Crippen molar-refractivity contribution in [2.24, 2.45) is 0 Å². The Hall–Kier alpha value is -0.940. The number of nitrogens with one attached hydrogen (secondary N) is 1. The molecule has 0 aliphatic heterocycles. The van der Waals surface area contributed by atoms with Crippen molar-refractivity contribution in [1.29, 1.82) is 0 Å². The van der Waals surface area contributed by atoms with Crippen LogP contribution in [0.4, 0.5) is 0 Å². The molecule has 13 heavy (non-hydrogen) atoms. The van der Waals surface area contributed by atoms with Crippen molar-refractivity contribution >= 4 is 0 Å². The molecule has 0 radical (unpaired) electrons. The molecule has 0 aliphatic rings. The first-order chi connectivity index (χ1) is 6.33. The lowest BCUT2D eigenvalue weighted by Gasteiger charge is -2.11. The first kappa shape index (κ1) is 10.1. The summed E-state index contributed by atoms with van der Waals surface area (Å²) in [6.45, 7) is 4.55. The molecule has 5 nitrogen and oxygen atoms in total. The molecule has 1 aromatic rings. The van der Waals surface area contributed by atoms with Crippen LogP contribution in [-0.2, 0) is 11.3 Å². The van der Waals surface area contributed by atoms with Crippen LogP contribution < -0.4 is 5.32 Å². The standard InChI is InChI=1S/C8H16N4O/c1-8(5-13-2)10-3-4-12-7-9-6-11-12/h6-8,10H,3-5H2,1-2H3. The van der Waals surface area contributed by atoms with Gasteiger partial charge in [0.15, 0.2) is 0 Å². The van der Waals surface area contributed by atoms with Crippen molar-refractivity contribution in [2.45, 2.75) is 19.5 Å². The monoisotopic (exact) mass is 184 g/mol. The summed E-state index contributed by atoms with van der Waals surface area (Å²) in [7, 11) is 1.70. The van der Waals surface area contributed by atoms with E-state index in [1.54, 1.807) is 24.4 Å². The zero-order chi connectivity index (χ0) is 9.52. The first-order valence-electron chi connectivity index (χ1n) is 4.37. The molecule has 5 heteroatoms. The summed E-state index contributed by atoms with van der Waals surface area (Å²) in [6, 6.07) is 0.383. The van der Waals surface area contributed by atoms with Crippen molar-refractivity contribution in [2.75, 3.05) is 20.3 Å². The van der Waals surface area contributed by atoms with E-state index < -0.39 is 0 Å². The van der Waals surface area contributed by atoms with Crippen molar-refractivity contribution in [1.82, 2.24) is 20.1 Å². The molecule has 74 valence electrons. The number of methoxy groups -OCH3 is 1. The molecule has 0 aromatic carbocycles. The Morgan fingerprint density at radius 1 is 1.62 bits per heavy atom. The van der Waals surface area contributed by atoms with Gasteiger partial charge in [-0.1, -0.05) is 0 Å². The molecule has 1 N–H and O–H groups in total. The van der Waals surface area contributed by atoms with Gasteiger partial charge in [0.1, 0.15) is 12.7 Å². The minimum Gasteiger partial charge on any atom is -0.383 e. The predicted molar refractivity (Wildman–Crippen MR) is 49.4 cm³/mol. The van der Waals surface area contributed by atoms with E-state index in [0.29, 0.717) is 6.04 Å². The van der Waals surface area contributed by atoms with Crippen LogP contribution in [0.1, 0.15) is 6.92 Å². The van der Waals surface area contributed by atoms with Crippen LogP contribution in [0.15, 0.2) is 12.7 Å². The Kier molecular flexibility index (Phi) is 4.42. The van der Waals surface area contributed by atoms with Crippen LogP contribution in [0.2, 0.25) is 0 Å². The smallest absolute Gasteiger partial charge is 0.137 e. The molecule has 0 saturated heterocycles. The van der Waals surface area contributed by atoms with E-state index in [1.807, 2.05) is 0 Å². The van der Waals surface area contributed by atoms with Gasteiger partial charge in [-0.15, -0.1) is 0 Å². The second-order valence-electron chi connectivity index (χ2n) is 2.97. The van der Waals surface area contributed by atoms with Gasteiger partial charge in [-0.2, -0.15) is 5.10 Å². The highest BCUT2D eigenvalue weighted by Gasteiger charge is 1.98. The van der Waals surface area contributed by atoms with Gasteiger partial charge in [0.25, 0.3) is 0 Å². The largest absolute Gasteiger partial charge is 0.383 e. The third kappa shape index (κ3) is 4.00. The van der Waals surface area contributed by atoms with E-state index in [4.69, 9.17) is 4.74 Å². The van der Waals surface area contributed by atoms with Crippen LogP contribution in [0.25, 0.3) is 0 Å². The maximum absolute atomic E-state index is 4.99. The Labute approximate surface area is 78.1 Å². The number of hydrogen-bond donors (Lipinski definition) is 1. The summed E-state index contributed by atoms with van der Waals surface area (Å²) >= 11 is 0. The number of rotatable bonds is 6. The van der Waals surface area contributed by atoms with E-state index in [2.05, 4.69) is 22.3 Å².